The summed E-state index contributed by atoms with van der Waals surface area (Å²) in [6.07, 6.45) is 4.16. The van der Waals surface area contributed by atoms with Crippen LogP contribution in [0.3, 0.4) is 0 Å². The third-order valence-corrected chi connectivity index (χ3v) is 6.52. The summed E-state index contributed by atoms with van der Waals surface area (Å²) in [5.74, 6) is 0.845. The van der Waals surface area contributed by atoms with Gasteiger partial charge in [0, 0.05) is 31.7 Å². The monoisotopic (exact) mass is 548 g/mol. The smallest absolute Gasteiger partial charge is 0.191 e. The van der Waals surface area contributed by atoms with E-state index in [-0.39, 0.29) is 35.6 Å². The zero-order valence-corrected chi connectivity index (χ0v) is 21.2. The van der Waals surface area contributed by atoms with Gasteiger partial charge in [0.2, 0.25) is 0 Å². The number of nitrogens with one attached hydrogen (secondary N) is 2. The van der Waals surface area contributed by atoms with Crippen LogP contribution in [0, 0.1) is 0 Å². The minimum atomic E-state index is -0.150. The van der Waals surface area contributed by atoms with Crippen molar-refractivity contribution in [2.45, 2.75) is 63.0 Å². The van der Waals surface area contributed by atoms with Crippen molar-refractivity contribution < 1.29 is 9.47 Å². The van der Waals surface area contributed by atoms with Crippen molar-refractivity contribution in [1.82, 2.24) is 15.5 Å². The number of ether oxygens (including phenoxy) is 2. The topological polar surface area (TPSA) is 58.1 Å². The number of hydrogen-bond acceptors (Lipinski definition) is 4. The molecule has 2 N–H and O–H groups in total. The van der Waals surface area contributed by atoms with Gasteiger partial charge >= 0.3 is 0 Å². The van der Waals surface area contributed by atoms with Crippen LogP contribution in [-0.4, -0.2) is 68.0 Å². The molecule has 1 aromatic rings. The van der Waals surface area contributed by atoms with Crippen LogP contribution >= 0.6 is 35.6 Å². The number of aliphatic imine (C=N–C) groups is 1. The maximum Gasteiger partial charge on any atom is 0.191 e. The highest BCUT2D eigenvalue weighted by molar-refractivity contribution is 14.0. The number of halogens is 2. The zero-order chi connectivity index (χ0) is 20.4. The summed E-state index contributed by atoms with van der Waals surface area (Å²) in [6, 6.07) is 8.75. The van der Waals surface area contributed by atoms with Crippen LogP contribution < -0.4 is 10.6 Å². The fraction of sp³-hybridized carbons (Fsp3) is 0.682. The predicted molar refractivity (Wildman–Crippen MR) is 132 cm³/mol. The molecule has 0 aromatic heterocycles. The Morgan fingerprint density at radius 1 is 1.30 bits per heavy atom. The van der Waals surface area contributed by atoms with Gasteiger partial charge in [-0.1, -0.05) is 23.7 Å². The molecule has 0 radical (unpaired) electrons. The van der Waals surface area contributed by atoms with Crippen molar-refractivity contribution in [3.63, 3.8) is 0 Å². The third kappa shape index (κ3) is 5.79. The first-order valence-corrected chi connectivity index (χ1v) is 11.1. The first-order chi connectivity index (χ1) is 13.9. The number of hydrogen-bond donors (Lipinski definition) is 2. The number of nitrogens with zero attached hydrogens (tertiary/aromatic N) is 2. The lowest BCUT2D eigenvalue weighted by Crippen LogP contribution is -2.53. The Labute approximate surface area is 202 Å². The predicted octanol–water partition coefficient (Wildman–Crippen LogP) is 3.59. The Kier molecular flexibility index (Phi) is 8.28. The molecule has 0 aliphatic carbocycles. The summed E-state index contributed by atoms with van der Waals surface area (Å²) >= 11 is 6.13. The Morgan fingerprint density at radius 3 is 2.67 bits per heavy atom. The summed E-state index contributed by atoms with van der Waals surface area (Å²) in [4.78, 5) is 6.96. The molecule has 168 valence electrons. The molecule has 30 heavy (non-hydrogen) atoms. The van der Waals surface area contributed by atoms with Gasteiger partial charge in [-0.3, -0.25) is 9.89 Å². The van der Waals surface area contributed by atoms with Gasteiger partial charge in [0.25, 0.3) is 0 Å². The van der Waals surface area contributed by atoms with E-state index in [0.717, 1.165) is 50.1 Å². The maximum atomic E-state index is 6.13. The quantitative estimate of drug-likeness (QED) is 0.335. The second kappa shape index (κ2) is 10.3. The van der Waals surface area contributed by atoms with Gasteiger partial charge in [-0.05, 0) is 50.8 Å². The standard InChI is InChI=1S/C22H33ClN4O2.HI/c1-22(2)14-27(10-11-28-22)19(15-4-6-16(23)7-5-15)13-25-21(24-3)26-18-12-17-8-9-20(18)29-17;/h4-7,17-20H,8-14H2,1-3H3,(H2,24,25,26);1H. The average molecular weight is 549 g/mol. The second-order valence-corrected chi connectivity index (χ2v) is 9.40. The molecule has 3 aliphatic rings. The number of benzene rings is 1. The lowest BCUT2D eigenvalue weighted by molar-refractivity contribution is -0.0971. The van der Waals surface area contributed by atoms with Crippen LogP contribution in [0.15, 0.2) is 29.3 Å². The Morgan fingerprint density at radius 2 is 2.07 bits per heavy atom. The van der Waals surface area contributed by atoms with E-state index >= 15 is 0 Å². The van der Waals surface area contributed by atoms with E-state index in [0.29, 0.717) is 18.2 Å². The normalized spacial score (nSPS) is 29.3. The van der Waals surface area contributed by atoms with Gasteiger partial charge in [0.05, 0.1) is 36.5 Å². The highest BCUT2D eigenvalue weighted by Crippen LogP contribution is 2.34. The van der Waals surface area contributed by atoms with Gasteiger partial charge in [0.15, 0.2) is 5.96 Å². The van der Waals surface area contributed by atoms with Gasteiger partial charge < -0.3 is 20.1 Å². The van der Waals surface area contributed by atoms with Crippen LogP contribution in [0.1, 0.15) is 44.7 Å². The second-order valence-electron chi connectivity index (χ2n) is 8.96. The summed E-state index contributed by atoms with van der Waals surface area (Å²) in [5.41, 5.74) is 1.10. The summed E-state index contributed by atoms with van der Waals surface area (Å²) < 4.78 is 11.9. The van der Waals surface area contributed by atoms with Gasteiger partial charge in [-0.2, -0.15) is 0 Å². The molecule has 8 heteroatoms. The molecule has 0 amide bonds. The van der Waals surface area contributed by atoms with Crippen molar-refractivity contribution in [3.8, 4) is 0 Å². The van der Waals surface area contributed by atoms with Gasteiger partial charge in [0.1, 0.15) is 0 Å². The molecule has 4 rings (SSSR count). The molecule has 3 fully saturated rings. The van der Waals surface area contributed by atoms with Crippen LogP contribution in [0.5, 0.6) is 0 Å². The molecular weight excluding hydrogens is 515 g/mol. The van der Waals surface area contributed by atoms with Crippen LogP contribution in [0.2, 0.25) is 5.02 Å². The maximum absolute atomic E-state index is 6.13. The number of morpholine rings is 1. The van der Waals surface area contributed by atoms with Gasteiger partial charge in [-0.25, -0.2) is 0 Å². The molecule has 3 saturated heterocycles. The summed E-state index contributed by atoms with van der Waals surface area (Å²) in [6.45, 7) is 7.60. The van der Waals surface area contributed by atoms with Crippen molar-refractivity contribution in [2.24, 2.45) is 4.99 Å². The minimum absolute atomic E-state index is 0. The molecule has 0 saturated carbocycles. The third-order valence-electron chi connectivity index (χ3n) is 6.27. The minimum Gasteiger partial charge on any atom is -0.373 e. The van der Waals surface area contributed by atoms with Crippen molar-refractivity contribution in [1.29, 1.82) is 0 Å². The highest BCUT2D eigenvalue weighted by Gasteiger charge is 2.41. The van der Waals surface area contributed by atoms with Crippen molar-refractivity contribution in [2.75, 3.05) is 33.3 Å². The van der Waals surface area contributed by atoms with Crippen LogP contribution in [0.25, 0.3) is 0 Å². The molecule has 3 aliphatic heterocycles. The molecule has 4 atom stereocenters. The molecule has 2 bridgehead atoms. The van der Waals surface area contributed by atoms with E-state index in [1.54, 1.807) is 0 Å². The number of guanidine groups is 1. The van der Waals surface area contributed by atoms with E-state index in [1.807, 2.05) is 19.2 Å². The molecule has 6 nitrogen and oxygen atoms in total. The lowest BCUT2D eigenvalue weighted by atomic mass is 9.96. The Hall–Kier alpha value is -0.610. The molecular formula is C22H34ClIN4O2. The largest absolute Gasteiger partial charge is 0.373 e. The molecule has 4 unspecified atom stereocenters. The van der Waals surface area contributed by atoms with Crippen molar-refractivity contribution in [3.05, 3.63) is 34.9 Å². The van der Waals surface area contributed by atoms with Gasteiger partial charge in [-0.15, -0.1) is 24.0 Å². The number of fused-ring (bicyclic) bond motifs is 2. The fourth-order valence-corrected chi connectivity index (χ4v) is 4.94. The van der Waals surface area contributed by atoms with Crippen molar-refractivity contribution >= 4 is 41.5 Å². The zero-order valence-electron chi connectivity index (χ0n) is 18.1. The van der Waals surface area contributed by atoms with E-state index in [1.165, 1.54) is 12.0 Å². The van der Waals surface area contributed by atoms with E-state index < -0.39 is 0 Å². The summed E-state index contributed by atoms with van der Waals surface area (Å²) in [5, 5.41) is 7.90. The fourth-order valence-electron chi connectivity index (χ4n) is 4.82. The molecule has 3 heterocycles. The van der Waals surface area contributed by atoms with E-state index in [4.69, 9.17) is 21.1 Å². The Balaban J connectivity index is 0.00000256. The SMILES string of the molecule is CN=C(NCC(c1ccc(Cl)cc1)N1CCOC(C)(C)C1)NC1CC2CCC1O2.I. The molecule has 0 spiro atoms. The van der Waals surface area contributed by atoms with Crippen LogP contribution in [-0.2, 0) is 9.47 Å². The first kappa shape index (κ1) is 24.0. The highest BCUT2D eigenvalue weighted by atomic mass is 127. The lowest BCUT2D eigenvalue weighted by Gasteiger charge is -2.42. The van der Waals surface area contributed by atoms with E-state index in [9.17, 15) is 0 Å². The number of rotatable bonds is 5. The summed E-state index contributed by atoms with van der Waals surface area (Å²) in [7, 11) is 1.83. The molecule has 1 aromatic carbocycles. The first-order valence-electron chi connectivity index (χ1n) is 10.7. The average Bonchev–Trinajstić information content (AvgIpc) is 3.31. The van der Waals surface area contributed by atoms with E-state index in [2.05, 4.69) is 46.5 Å². The Bertz CT molecular complexity index is 730. The van der Waals surface area contributed by atoms with Crippen LogP contribution in [0.4, 0.5) is 0 Å².